The second-order valence-electron chi connectivity index (χ2n) is 6.41. The quantitative estimate of drug-likeness (QED) is 0.878. The van der Waals surface area contributed by atoms with Crippen LogP contribution < -0.4 is 15.6 Å². The number of carbonyl (C=O) groups is 1. The first-order valence-corrected chi connectivity index (χ1v) is 8.54. The summed E-state index contributed by atoms with van der Waals surface area (Å²) in [5.41, 5.74) is 2.82. The van der Waals surface area contributed by atoms with Crippen molar-refractivity contribution in [3.63, 3.8) is 0 Å². The Bertz CT molecular complexity index is 805. The molecule has 0 aliphatic heterocycles. The van der Waals surface area contributed by atoms with E-state index in [1.807, 2.05) is 52.0 Å². The Morgan fingerprint density at radius 3 is 2.40 bits per heavy atom. The normalized spacial score (nSPS) is 10.8. The zero-order valence-corrected chi connectivity index (χ0v) is 15.6. The summed E-state index contributed by atoms with van der Waals surface area (Å²) >= 11 is 0. The number of nitrogens with zero attached hydrogens (tertiary/aromatic N) is 1. The Labute approximate surface area is 148 Å². The molecule has 0 spiro atoms. The molecule has 5 heteroatoms. The Hall–Kier alpha value is -2.56. The van der Waals surface area contributed by atoms with Gasteiger partial charge < -0.3 is 14.6 Å². The van der Waals surface area contributed by atoms with E-state index in [1.54, 1.807) is 17.7 Å². The van der Waals surface area contributed by atoms with E-state index >= 15 is 0 Å². The Morgan fingerprint density at radius 2 is 1.88 bits per heavy atom. The van der Waals surface area contributed by atoms with E-state index in [4.69, 9.17) is 4.74 Å². The first kappa shape index (κ1) is 18.8. The third-order valence-corrected chi connectivity index (χ3v) is 4.12. The molecule has 1 heterocycles. The predicted molar refractivity (Wildman–Crippen MR) is 99.5 cm³/mol. The van der Waals surface area contributed by atoms with Crippen molar-refractivity contribution in [3.8, 4) is 5.75 Å². The lowest BCUT2D eigenvalue weighted by Gasteiger charge is -2.17. The molecule has 0 bridgehead atoms. The molecule has 1 aromatic carbocycles. The summed E-state index contributed by atoms with van der Waals surface area (Å²) < 4.78 is 6.87. The zero-order valence-electron chi connectivity index (χ0n) is 15.6. The molecule has 0 saturated heterocycles. The molecule has 0 saturated carbocycles. The van der Waals surface area contributed by atoms with Gasteiger partial charge in [-0.15, -0.1) is 0 Å². The van der Waals surface area contributed by atoms with Gasteiger partial charge >= 0.3 is 0 Å². The lowest BCUT2D eigenvalue weighted by atomic mass is 10.1. The number of pyridine rings is 1. The molecule has 0 unspecified atom stereocenters. The second kappa shape index (κ2) is 8.01. The van der Waals surface area contributed by atoms with Crippen LogP contribution >= 0.6 is 0 Å². The van der Waals surface area contributed by atoms with Gasteiger partial charge in [-0.1, -0.05) is 19.1 Å². The second-order valence-corrected chi connectivity index (χ2v) is 6.41. The molecule has 0 radical (unpaired) electrons. The molecule has 1 N–H and O–H groups in total. The van der Waals surface area contributed by atoms with Gasteiger partial charge in [0.25, 0.3) is 11.5 Å². The van der Waals surface area contributed by atoms with Crippen LogP contribution in [-0.4, -0.2) is 23.6 Å². The SMILES string of the molecule is CCc1c(C)cc(C(=O)NC(C)C)c(=O)n1Cc1ccc(OC)cc1. The molecule has 0 aliphatic rings. The van der Waals surface area contributed by atoms with Crippen molar-refractivity contribution in [2.45, 2.75) is 46.7 Å². The maximum atomic E-state index is 12.9. The van der Waals surface area contributed by atoms with Crippen molar-refractivity contribution >= 4 is 5.91 Å². The van der Waals surface area contributed by atoms with Gasteiger partial charge in [0, 0.05) is 11.7 Å². The van der Waals surface area contributed by atoms with E-state index in [1.165, 1.54) is 0 Å². The number of rotatable bonds is 6. The molecule has 1 aromatic heterocycles. The summed E-state index contributed by atoms with van der Waals surface area (Å²) in [6.07, 6.45) is 0.726. The van der Waals surface area contributed by atoms with Gasteiger partial charge in [0.2, 0.25) is 0 Å². The van der Waals surface area contributed by atoms with Gasteiger partial charge in [-0.3, -0.25) is 9.59 Å². The van der Waals surface area contributed by atoms with Crippen molar-refractivity contribution in [2.24, 2.45) is 0 Å². The number of nitrogens with one attached hydrogen (secondary N) is 1. The Kier molecular flexibility index (Phi) is 6.02. The molecular formula is C20H26N2O3. The maximum Gasteiger partial charge on any atom is 0.263 e. The molecule has 2 aromatic rings. The number of ether oxygens (including phenoxy) is 1. The van der Waals surface area contributed by atoms with E-state index in [9.17, 15) is 9.59 Å². The van der Waals surface area contributed by atoms with Crippen LogP contribution in [-0.2, 0) is 13.0 Å². The molecule has 1 amide bonds. The Morgan fingerprint density at radius 1 is 1.24 bits per heavy atom. The van der Waals surface area contributed by atoms with Crippen LogP contribution in [0.15, 0.2) is 35.1 Å². The molecule has 0 aliphatic carbocycles. The minimum absolute atomic E-state index is 0.0203. The van der Waals surface area contributed by atoms with Crippen molar-refractivity contribution < 1.29 is 9.53 Å². The average Bonchev–Trinajstić information content (AvgIpc) is 2.58. The monoisotopic (exact) mass is 342 g/mol. The number of aromatic nitrogens is 1. The van der Waals surface area contributed by atoms with Gasteiger partial charge in [0.15, 0.2) is 0 Å². The van der Waals surface area contributed by atoms with Crippen molar-refractivity contribution in [1.29, 1.82) is 0 Å². The van der Waals surface area contributed by atoms with E-state index < -0.39 is 0 Å². The van der Waals surface area contributed by atoms with E-state index in [2.05, 4.69) is 5.32 Å². The molecule has 2 rings (SSSR count). The van der Waals surface area contributed by atoms with Crippen LogP contribution in [0.25, 0.3) is 0 Å². The highest BCUT2D eigenvalue weighted by atomic mass is 16.5. The van der Waals surface area contributed by atoms with Gasteiger partial charge in [-0.05, 0) is 56.5 Å². The smallest absolute Gasteiger partial charge is 0.263 e. The number of hydrogen-bond acceptors (Lipinski definition) is 3. The lowest BCUT2D eigenvalue weighted by molar-refractivity contribution is 0.0941. The van der Waals surface area contributed by atoms with Gasteiger partial charge in [-0.25, -0.2) is 0 Å². The third-order valence-electron chi connectivity index (χ3n) is 4.12. The molecule has 0 atom stereocenters. The first-order valence-electron chi connectivity index (χ1n) is 8.54. The topological polar surface area (TPSA) is 60.3 Å². The average molecular weight is 342 g/mol. The maximum absolute atomic E-state index is 12.9. The standard InChI is InChI=1S/C20H26N2O3/c1-6-18-14(4)11-17(19(23)21-13(2)3)20(24)22(18)12-15-7-9-16(25-5)10-8-15/h7-11,13H,6,12H2,1-5H3,(H,21,23). The molecule has 134 valence electrons. The van der Waals surface area contributed by atoms with Crippen LogP contribution in [0, 0.1) is 6.92 Å². The van der Waals surface area contributed by atoms with Crippen LogP contribution in [0.4, 0.5) is 0 Å². The molecule has 25 heavy (non-hydrogen) atoms. The number of aryl methyl sites for hydroxylation is 1. The fraction of sp³-hybridized carbons (Fsp3) is 0.400. The number of benzene rings is 1. The van der Waals surface area contributed by atoms with Gasteiger partial charge in [-0.2, -0.15) is 0 Å². The van der Waals surface area contributed by atoms with Crippen molar-refractivity contribution in [3.05, 3.63) is 63.1 Å². The van der Waals surface area contributed by atoms with Crippen LogP contribution in [0.2, 0.25) is 0 Å². The fourth-order valence-electron chi connectivity index (χ4n) is 2.90. The number of amides is 1. The summed E-state index contributed by atoms with van der Waals surface area (Å²) in [6, 6.07) is 9.28. The fourth-order valence-corrected chi connectivity index (χ4v) is 2.90. The van der Waals surface area contributed by atoms with Gasteiger partial charge in [0.1, 0.15) is 11.3 Å². The van der Waals surface area contributed by atoms with E-state index in [-0.39, 0.29) is 23.1 Å². The molecular weight excluding hydrogens is 316 g/mol. The zero-order chi connectivity index (χ0) is 18.6. The first-order chi connectivity index (χ1) is 11.9. The predicted octanol–water partition coefficient (Wildman–Crippen LogP) is 2.91. The minimum Gasteiger partial charge on any atom is -0.497 e. The highest BCUT2D eigenvalue weighted by Gasteiger charge is 2.17. The largest absolute Gasteiger partial charge is 0.497 e. The van der Waals surface area contributed by atoms with E-state index in [0.29, 0.717) is 6.54 Å². The summed E-state index contributed by atoms with van der Waals surface area (Å²) in [5, 5.41) is 2.80. The lowest BCUT2D eigenvalue weighted by Crippen LogP contribution is -2.37. The summed E-state index contributed by atoms with van der Waals surface area (Å²) in [5.74, 6) is 0.447. The van der Waals surface area contributed by atoms with Crippen molar-refractivity contribution in [1.82, 2.24) is 9.88 Å². The number of carbonyl (C=O) groups excluding carboxylic acids is 1. The molecule has 0 fully saturated rings. The molecule has 5 nitrogen and oxygen atoms in total. The highest BCUT2D eigenvalue weighted by molar-refractivity contribution is 5.94. The minimum atomic E-state index is -0.325. The van der Waals surface area contributed by atoms with Crippen LogP contribution in [0.5, 0.6) is 5.75 Å². The van der Waals surface area contributed by atoms with Crippen LogP contribution in [0.3, 0.4) is 0 Å². The number of methoxy groups -OCH3 is 1. The summed E-state index contributed by atoms with van der Waals surface area (Å²) in [6.45, 7) is 8.13. The summed E-state index contributed by atoms with van der Waals surface area (Å²) in [4.78, 5) is 25.3. The van der Waals surface area contributed by atoms with Crippen LogP contribution in [0.1, 0.15) is 48.0 Å². The van der Waals surface area contributed by atoms with Crippen molar-refractivity contribution in [2.75, 3.05) is 7.11 Å². The summed E-state index contributed by atoms with van der Waals surface area (Å²) in [7, 11) is 1.62. The van der Waals surface area contributed by atoms with E-state index in [0.717, 1.165) is 29.0 Å². The number of hydrogen-bond donors (Lipinski definition) is 1. The third kappa shape index (κ3) is 4.29. The highest BCUT2D eigenvalue weighted by Crippen LogP contribution is 2.15. The van der Waals surface area contributed by atoms with Gasteiger partial charge in [0.05, 0.1) is 13.7 Å². The Balaban J connectivity index is 2.48.